The average molecular weight is 805 g/mol. The Morgan fingerprint density at radius 3 is 1.51 bits per heavy atom. The van der Waals surface area contributed by atoms with Crippen LogP contribution in [0.5, 0.6) is 0 Å². The molecule has 0 unspecified atom stereocenters. The highest BCUT2D eigenvalue weighted by Crippen LogP contribution is 2.46. The molecular weight excluding hydrogens is 765 g/mol. The van der Waals surface area contributed by atoms with Crippen molar-refractivity contribution in [1.29, 1.82) is 0 Å². The largest absolute Gasteiger partial charge is 0.455 e. The van der Waals surface area contributed by atoms with Crippen molar-refractivity contribution in [3.63, 3.8) is 0 Å². The van der Waals surface area contributed by atoms with Gasteiger partial charge in [0.25, 0.3) is 0 Å². The summed E-state index contributed by atoms with van der Waals surface area (Å²) in [6.45, 7) is 0. The molecule has 0 radical (unpaired) electrons. The summed E-state index contributed by atoms with van der Waals surface area (Å²) in [4.78, 5) is 2.40. The zero-order valence-electron chi connectivity index (χ0n) is 34.4. The first kappa shape index (κ1) is 36.5. The van der Waals surface area contributed by atoms with Gasteiger partial charge in [-0.2, -0.15) is 0 Å². The van der Waals surface area contributed by atoms with E-state index >= 15 is 0 Å². The van der Waals surface area contributed by atoms with Gasteiger partial charge in [-0.15, -0.1) is 0 Å². The first-order chi connectivity index (χ1) is 31.3. The van der Waals surface area contributed by atoms with Crippen LogP contribution in [-0.4, -0.2) is 4.57 Å². The summed E-state index contributed by atoms with van der Waals surface area (Å²) in [5, 5.41) is 4.74. The Kier molecular flexibility index (Phi) is 8.83. The Balaban J connectivity index is 1.01. The summed E-state index contributed by atoms with van der Waals surface area (Å²) in [5.41, 5.74) is 17.7. The zero-order chi connectivity index (χ0) is 41.7. The molecule has 0 amide bonds. The highest BCUT2D eigenvalue weighted by molar-refractivity contribution is 6.11. The summed E-state index contributed by atoms with van der Waals surface area (Å²) in [6, 6.07) is 87.1. The molecule has 10 aromatic carbocycles. The molecule has 0 aliphatic carbocycles. The first-order valence-electron chi connectivity index (χ1n) is 21.5. The van der Waals surface area contributed by atoms with E-state index in [0.717, 1.165) is 78.1 Å². The highest BCUT2D eigenvalue weighted by atomic mass is 16.3. The van der Waals surface area contributed by atoms with Gasteiger partial charge in [0.05, 0.1) is 22.4 Å². The van der Waals surface area contributed by atoms with E-state index in [1.54, 1.807) is 0 Å². The summed E-state index contributed by atoms with van der Waals surface area (Å²) < 4.78 is 8.95. The SMILES string of the molecule is c1ccc(-c2ccc(N(c3ccc(-c4ccccc4-c4cccc5c4oc4ccccc45)cc3)c3ccccc3-c3ccccc3-n3c4ccccc4c4ccccc43)cc2)cc1. The number of hydrogen-bond donors (Lipinski definition) is 0. The first-order valence-corrected chi connectivity index (χ1v) is 21.5. The lowest BCUT2D eigenvalue weighted by molar-refractivity contribution is 0.670. The van der Waals surface area contributed by atoms with E-state index in [2.05, 4.69) is 240 Å². The summed E-state index contributed by atoms with van der Waals surface area (Å²) in [6.07, 6.45) is 0. The lowest BCUT2D eigenvalue weighted by Crippen LogP contribution is -2.11. The van der Waals surface area contributed by atoms with Crippen molar-refractivity contribution in [3.8, 4) is 50.2 Å². The molecule has 2 aromatic heterocycles. The number of hydrogen-bond acceptors (Lipinski definition) is 2. The van der Waals surface area contributed by atoms with Crippen molar-refractivity contribution in [2.24, 2.45) is 0 Å². The van der Waals surface area contributed by atoms with Gasteiger partial charge in [0.2, 0.25) is 0 Å². The maximum Gasteiger partial charge on any atom is 0.143 e. The minimum atomic E-state index is 0.900. The van der Waals surface area contributed by atoms with Gasteiger partial charge in [0.1, 0.15) is 11.2 Å². The van der Waals surface area contributed by atoms with Crippen molar-refractivity contribution < 1.29 is 4.42 Å². The van der Waals surface area contributed by atoms with Gasteiger partial charge in [-0.3, -0.25) is 0 Å². The fraction of sp³-hybridized carbons (Fsp3) is 0. The Labute approximate surface area is 366 Å². The number of rotatable bonds is 8. The summed E-state index contributed by atoms with van der Waals surface area (Å²) >= 11 is 0. The average Bonchev–Trinajstić information content (AvgIpc) is 3.91. The molecule has 0 saturated carbocycles. The Morgan fingerprint density at radius 1 is 0.302 bits per heavy atom. The van der Waals surface area contributed by atoms with Crippen LogP contribution in [0.2, 0.25) is 0 Å². The Bertz CT molecular complexity index is 3560. The summed E-state index contributed by atoms with van der Waals surface area (Å²) in [7, 11) is 0. The maximum absolute atomic E-state index is 6.53. The number of para-hydroxylation sites is 6. The van der Waals surface area contributed by atoms with Crippen LogP contribution in [0, 0.1) is 0 Å². The molecule has 0 N–H and O–H groups in total. The molecule has 0 saturated heterocycles. The van der Waals surface area contributed by atoms with E-state index in [1.807, 2.05) is 12.1 Å². The number of nitrogens with zero attached hydrogens (tertiary/aromatic N) is 2. The molecule has 63 heavy (non-hydrogen) atoms. The molecule has 0 bridgehead atoms. The minimum absolute atomic E-state index is 0.900. The van der Waals surface area contributed by atoms with E-state index in [-0.39, 0.29) is 0 Å². The van der Waals surface area contributed by atoms with Crippen molar-refractivity contribution in [2.75, 3.05) is 4.90 Å². The second-order valence-corrected chi connectivity index (χ2v) is 16.0. The van der Waals surface area contributed by atoms with Crippen molar-refractivity contribution >= 4 is 60.8 Å². The van der Waals surface area contributed by atoms with E-state index in [4.69, 9.17) is 4.42 Å². The molecule has 12 aromatic rings. The smallest absolute Gasteiger partial charge is 0.143 e. The van der Waals surface area contributed by atoms with E-state index in [9.17, 15) is 0 Å². The molecule has 0 atom stereocenters. The third-order valence-electron chi connectivity index (χ3n) is 12.5. The van der Waals surface area contributed by atoms with E-state index in [1.165, 1.54) is 32.9 Å². The molecule has 0 aliphatic rings. The van der Waals surface area contributed by atoms with Crippen molar-refractivity contribution in [2.45, 2.75) is 0 Å². The topological polar surface area (TPSA) is 21.3 Å². The lowest BCUT2D eigenvalue weighted by atomic mass is 9.93. The number of furan rings is 1. The van der Waals surface area contributed by atoms with Crippen LogP contribution < -0.4 is 4.90 Å². The predicted molar refractivity (Wildman–Crippen MR) is 264 cm³/mol. The molecular formula is C60H40N2O. The van der Waals surface area contributed by atoms with Gasteiger partial charge in [0, 0.05) is 49.6 Å². The third-order valence-corrected chi connectivity index (χ3v) is 12.5. The van der Waals surface area contributed by atoms with Gasteiger partial charge < -0.3 is 13.9 Å². The van der Waals surface area contributed by atoms with Gasteiger partial charge in [0.15, 0.2) is 0 Å². The number of benzene rings is 10. The molecule has 12 rings (SSSR count). The molecule has 2 heterocycles. The standard InChI is InChI=1S/C60H40N2O/c1-2-17-41(18-3-1)42-33-37-44(38-34-42)61(45-39-35-43(36-40-45)46-19-4-5-20-47(46)53-26-16-27-54-52-25-10-15-32-59(52)63-60(53)54)55-28-11-6-21-48(55)49-22-7-12-29-56(49)62-57-30-13-8-23-50(57)51-24-9-14-31-58(51)62/h1-40H. The fourth-order valence-corrected chi connectivity index (χ4v) is 9.55. The number of anilines is 3. The van der Waals surface area contributed by atoms with Gasteiger partial charge in [-0.25, -0.2) is 0 Å². The third kappa shape index (κ3) is 6.21. The quantitative estimate of drug-likeness (QED) is 0.153. The van der Waals surface area contributed by atoms with Crippen LogP contribution in [0.3, 0.4) is 0 Å². The van der Waals surface area contributed by atoms with Crippen LogP contribution in [0.4, 0.5) is 17.1 Å². The molecule has 0 fully saturated rings. The van der Waals surface area contributed by atoms with Gasteiger partial charge in [-0.1, -0.05) is 188 Å². The highest BCUT2D eigenvalue weighted by Gasteiger charge is 2.22. The van der Waals surface area contributed by atoms with Crippen LogP contribution in [-0.2, 0) is 0 Å². The normalized spacial score (nSPS) is 11.5. The fourth-order valence-electron chi connectivity index (χ4n) is 9.55. The maximum atomic E-state index is 6.53. The Morgan fingerprint density at radius 2 is 0.794 bits per heavy atom. The summed E-state index contributed by atoms with van der Waals surface area (Å²) in [5.74, 6) is 0. The number of fused-ring (bicyclic) bond motifs is 6. The van der Waals surface area contributed by atoms with Gasteiger partial charge in [-0.05, 0) is 82.4 Å². The molecule has 0 spiro atoms. The second kappa shape index (κ2) is 15.3. The zero-order valence-corrected chi connectivity index (χ0v) is 34.4. The lowest BCUT2D eigenvalue weighted by Gasteiger charge is -2.29. The molecule has 296 valence electrons. The van der Waals surface area contributed by atoms with Crippen LogP contribution in [0.15, 0.2) is 247 Å². The monoisotopic (exact) mass is 804 g/mol. The Hall–Kier alpha value is -8.40. The van der Waals surface area contributed by atoms with E-state index in [0.29, 0.717) is 0 Å². The molecule has 3 nitrogen and oxygen atoms in total. The predicted octanol–water partition coefficient (Wildman–Crippen LogP) is 16.8. The van der Waals surface area contributed by atoms with E-state index < -0.39 is 0 Å². The van der Waals surface area contributed by atoms with Crippen molar-refractivity contribution in [3.05, 3.63) is 243 Å². The minimum Gasteiger partial charge on any atom is -0.455 e. The molecule has 3 heteroatoms. The van der Waals surface area contributed by atoms with Crippen LogP contribution >= 0.6 is 0 Å². The molecule has 0 aliphatic heterocycles. The van der Waals surface area contributed by atoms with Crippen LogP contribution in [0.1, 0.15) is 0 Å². The number of aromatic nitrogens is 1. The van der Waals surface area contributed by atoms with Crippen molar-refractivity contribution in [1.82, 2.24) is 4.57 Å². The second-order valence-electron chi connectivity index (χ2n) is 16.0. The van der Waals surface area contributed by atoms with Crippen LogP contribution in [0.25, 0.3) is 93.9 Å². The van der Waals surface area contributed by atoms with Gasteiger partial charge >= 0.3 is 0 Å².